The Labute approximate surface area is 138 Å². The van der Waals surface area contributed by atoms with Crippen molar-refractivity contribution in [3.63, 3.8) is 0 Å². The fraction of sp³-hybridized carbons (Fsp3) is 0.273. The number of pyridine rings is 1. The zero-order chi connectivity index (χ0) is 13.4. The monoisotopic (exact) mass is 377 g/mol. The van der Waals surface area contributed by atoms with Gasteiger partial charge in [0.2, 0.25) is 0 Å². The molecule has 0 saturated heterocycles. The zero-order valence-electron chi connectivity index (χ0n) is 11.2. The maximum absolute atomic E-state index is 4.85. The van der Waals surface area contributed by atoms with Crippen molar-refractivity contribution in [1.82, 2.24) is 10.3 Å². The SMILES string of the molecule is CN/C([S-])=N/N=C(C)/C(C)=N/Nc1ccccn1.[Cd]. The van der Waals surface area contributed by atoms with Crippen molar-refractivity contribution in [2.75, 3.05) is 12.5 Å². The van der Waals surface area contributed by atoms with Crippen molar-refractivity contribution in [1.29, 1.82) is 0 Å². The van der Waals surface area contributed by atoms with Gasteiger partial charge in [-0.2, -0.15) is 15.3 Å². The minimum atomic E-state index is 0. The fourth-order valence-electron chi connectivity index (χ4n) is 0.894. The molecule has 0 radical (unpaired) electrons. The summed E-state index contributed by atoms with van der Waals surface area (Å²) in [6.45, 7) is 3.63. The molecule has 1 aromatic heterocycles. The maximum atomic E-state index is 4.85. The van der Waals surface area contributed by atoms with E-state index in [2.05, 4.69) is 31.0 Å². The van der Waals surface area contributed by atoms with Gasteiger partial charge >= 0.3 is 0 Å². The van der Waals surface area contributed by atoms with Gasteiger partial charge in [0.15, 0.2) is 0 Å². The van der Waals surface area contributed by atoms with Crippen LogP contribution in [0.4, 0.5) is 5.82 Å². The van der Waals surface area contributed by atoms with Gasteiger partial charge in [0, 0.05) is 40.5 Å². The molecule has 1 rings (SSSR count). The Morgan fingerprint density at radius 2 is 1.95 bits per heavy atom. The van der Waals surface area contributed by atoms with Crippen LogP contribution in [0.15, 0.2) is 39.7 Å². The molecule has 98 valence electrons. The van der Waals surface area contributed by atoms with E-state index in [0.29, 0.717) is 22.4 Å². The second-order valence-electron chi connectivity index (χ2n) is 3.36. The number of aromatic nitrogens is 1. The van der Waals surface area contributed by atoms with Gasteiger partial charge in [-0.25, -0.2) is 4.98 Å². The fourth-order valence-corrected chi connectivity index (χ4v) is 0.935. The van der Waals surface area contributed by atoms with Crippen LogP contribution in [0, 0.1) is 0 Å². The van der Waals surface area contributed by atoms with Crippen molar-refractivity contribution in [3.05, 3.63) is 24.4 Å². The van der Waals surface area contributed by atoms with Gasteiger partial charge in [0.1, 0.15) is 5.82 Å². The van der Waals surface area contributed by atoms with Gasteiger partial charge in [-0.3, -0.25) is 5.43 Å². The number of hydrogen-bond acceptors (Lipinski definition) is 6. The van der Waals surface area contributed by atoms with Crippen LogP contribution in [0.2, 0.25) is 0 Å². The van der Waals surface area contributed by atoms with Gasteiger partial charge in [0.05, 0.1) is 11.4 Å². The molecule has 1 heterocycles. The van der Waals surface area contributed by atoms with Crippen LogP contribution in [0.1, 0.15) is 13.8 Å². The van der Waals surface area contributed by atoms with E-state index in [1.807, 2.05) is 25.1 Å². The molecule has 6 nitrogen and oxygen atoms in total. The first-order valence-corrected chi connectivity index (χ1v) is 5.73. The Hall–Kier alpha value is -1.10. The third-order valence-corrected chi connectivity index (χ3v) is 2.32. The predicted molar refractivity (Wildman–Crippen MR) is 77.9 cm³/mol. The van der Waals surface area contributed by atoms with Gasteiger partial charge in [-0.15, -0.1) is 0 Å². The van der Waals surface area contributed by atoms with Gasteiger partial charge in [-0.05, 0) is 31.1 Å². The van der Waals surface area contributed by atoms with Crippen molar-refractivity contribution in [2.45, 2.75) is 13.8 Å². The summed E-state index contributed by atoms with van der Waals surface area (Å²) in [6.07, 6.45) is 1.69. The number of hydrogen-bond donors (Lipinski definition) is 2. The standard InChI is InChI=1S/C11H16N6S.Cd/c1-8(9(2)15-17-11(18)12-3)14-16-10-6-4-5-7-13-10;/h4-7H,1-3H3,(H,13,16)(H2,12,17,18);/p-1/b14-8+,15-9+;. The van der Waals surface area contributed by atoms with Crippen LogP contribution >= 0.6 is 0 Å². The van der Waals surface area contributed by atoms with E-state index in [9.17, 15) is 0 Å². The van der Waals surface area contributed by atoms with Crippen LogP contribution < -0.4 is 10.7 Å². The first-order chi connectivity index (χ1) is 8.63. The predicted octanol–water partition coefficient (Wildman–Crippen LogP) is 1.37. The minimum Gasteiger partial charge on any atom is -0.741 e. The summed E-state index contributed by atoms with van der Waals surface area (Å²) in [5.74, 6) is 0.673. The Bertz CT molecular complexity index is 471. The summed E-state index contributed by atoms with van der Waals surface area (Å²) >= 11 is 4.85. The van der Waals surface area contributed by atoms with E-state index in [0.717, 1.165) is 0 Å². The van der Waals surface area contributed by atoms with Crippen molar-refractivity contribution < 1.29 is 27.3 Å². The first-order valence-electron chi connectivity index (χ1n) is 5.32. The third kappa shape index (κ3) is 7.16. The number of nitrogens with zero attached hydrogens (tertiary/aromatic N) is 4. The molecule has 19 heavy (non-hydrogen) atoms. The minimum absolute atomic E-state index is 0. The Morgan fingerprint density at radius 3 is 2.53 bits per heavy atom. The molecule has 8 heteroatoms. The number of hydrazone groups is 1. The number of nitrogens with one attached hydrogen (secondary N) is 2. The van der Waals surface area contributed by atoms with Crippen LogP contribution in [-0.4, -0.2) is 28.6 Å². The summed E-state index contributed by atoms with van der Waals surface area (Å²) in [4.78, 5) is 4.09. The molecule has 0 aromatic carbocycles. The van der Waals surface area contributed by atoms with Crippen LogP contribution in [0.5, 0.6) is 0 Å². The molecule has 0 aliphatic heterocycles. The Kier molecular flexibility index (Phi) is 9.22. The second-order valence-corrected chi connectivity index (χ2v) is 3.75. The van der Waals surface area contributed by atoms with Gasteiger partial charge < -0.3 is 17.9 Å². The first kappa shape index (κ1) is 17.9. The molecule has 0 aliphatic rings. The second kappa shape index (κ2) is 9.78. The number of amidine groups is 1. The molecule has 0 fully saturated rings. The molecule has 1 aromatic rings. The molecule has 0 unspecified atom stereocenters. The van der Waals surface area contributed by atoms with Crippen LogP contribution in [0.3, 0.4) is 0 Å². The van der Waals surface area contributed by atoms with E-state index in [4.69, 9.17) is 12.6 Å². The molecular weight excluding hydrogens is 361 g/mol. The van der Waals surface area contributed by atoms with Crippen molar-refractivity contribution in [2.24, 2.45) is 15.3 Å². The normalized spacial score (nSPS) is 12.7. The molecule has 0 amide bonds. The van der Waals surface area contributed by atoms with E-state index in [-0.39, 0.29) is 27.3 Å². The summed E-state index contributed by atoms with van der Waals surface area (Å²) < 4.78 is 0. The van der Waals surface area contributed by atoms with Gasteiger partial charge in [-0.1, -0.05) is 6.07 Å². The molecule has 0 spiro atoms. The van der Waals surface area contributed by atoms with E-state index in [1.54, 1.807) is 20.2 Å². The number of anilines is 1. The summed E-state index contributed by atoms with van der Waals surface area (Å²) in [5.41, 5.74) is 4.22. The van der Waals surface area contributed by atoms with E-state index >= 15 is 0 Å². The largest absolute Gasteiger partial charge is 0.741 e. The smallest absolute Gasteiger partial charge is 0.146 e. The molecule has 0 bridgehead atoms. The molecule has 0 aliphatic carbocycles. The maximum Gasteiger partial charge on any atom is 0.146 e. The molecular formula is C11H15CdN6S-. The quantitative estimate of drug-likeness (QED) is 0.274. The Balaban J connectivity index is 0.00000324. The van der Waals surface area contributed by atoms with Crippen molar-refractivity contribution >= 4 is 35.0 Å². The summed E-state index contributed by atoms with van der Waals surface area (Å²) in [5, 5.41) is 14.9. The average Bonchev–Trinajstić information content (AvgIpc) is 2.42. The summed E-state index contributed by atoms with van der Waals surface area (Å²) in [7, 11) is 1.69. The third-order valence-electron chi connectivity index (χ3n) is 2.03. The van der Waals surface area contributed by atoms with Gasteiger partial charge in [0.25, 0.3) is 0 Å². The van der Waals surface area contributed by atoms with Crippen LogP contribution in [-0.2, 0) is 39.9 Å². The molecule has 0 atom stereocenters. The van der Waals surface area contributed by atoms with E-state index in [1.165, 1.54) is 0 Å². The summed E-state index contributed by atoms with van der Waals surface area (Å²) in [6, 6.07) is 5.54. The zero-order valence-corrected chi connectivity index (χ0v) is 16.1. The average molecular weight is 376 g/mol. The van der Waals surface area contributed by atoms with Crippen LogP contribution in [0.25, 0.3) is 0 Å². The number of rotatable bonds is 4. The topological polar surface area (TPSA) is 74.0 Å². The van der Waals surface area contributed by atoms with Crippen molar-refractivity contribution in [3.8, 4) is 0 Å². The molecule has 2 N–H and O–H groups in total. The Morgan fingerprint density at radius 1 is 1.21 bits per heavy atom. The molecule has 0 saturated carbocycles. The van der Waals surface area contributed by atoms with E-state index < -0.39 is 0 Å².